The molecule has 0 saturated carbocycles. The summed E-state index contributed by atoms with van der Waals surface area (Å²) in [6, 6.07) is 10.9. The third-order valence-electron chi connectivity index (χ3n) is 2.78. The zero-order chi connectivity index (χ0) is 15.2. The number of hydrogen-bond acceptors (Lipinski definition) is 3. The van der Waals surface area contributed by atoms with Crippen LogP contribution in [-0.4, -0.2) is 12.9 Å². The molecule has 0 aliphatic heterocycles. The Hall–Kier alpha value is -2.27. The first-order valence-corrected chi connectivity index (χ1v) is 6.51. The Labute approximate surface area is 126 Å². The van der Waals surface area contributed by atoms with Crippen LogP contribution in [0.4, 0.5) is 4.39 Å². The minimum Gasteiger partial charge on any atom is -0.497 e. The molecule has 0 radical (unpaired) electrons. The van der Waals surface area contributed by atoms with Gasteiger partial charge in [-0.2, -0.15) is 0 Å². The van der Waals surface area contributed by atoms with Crippen LogP contribution >= 0.6 is 11.6 Å². The number of nitrogens with two attached hydrogens (primary N) is 1. The van der Waals surface area contributed by atoms with Crippen molar-refractivity contribution < 1.29 is 14.0 Å². The zero-order valence-corrected chi connectivity index (χ0v) is 12.1. The van der Waals surface area contributed by atoms with E-state index in [2.05, 4.69) is 5.16 Å². The van der Waals surface area contributed by atoms with Gasteiger partial charge in [-0.1, -0.05) is 16.8 Å². The fourth-order valence-corrected chi connectivity index (χ4v) is 1.81. The molecule has 0 amide bonds. The number of nitrogens with zero attached hydrogens (tertiary/aromatic N) is 1. The van der Waals surface area contributed by atoms with Crippen LogP contribution in [-0.2, 0) is 11.4 Å². The van der Waals surface area contributed by atoms with Gasteiger partial charge in [0.15, 0.2) is 5.84 Å². The Morgan fingerprint density at radius 1 is 1.24 bits per heavy atom. The van der Waals surface area contributed by atoms with Crippen molar-refractivity contribution in [2.24, 2.45) is 10.9 Å². The number of hydrogen-bond donors (Lipinski definition) is 1. The molecule has 110 valence electrons. The van der Waals surface area contributed by atoms with Crippen LogP contribution in [0.15, 0.2) is 47.6 Å². The van der Waals surface area contributed by atoms with Crippen molar-refractivity contribution in [3.8, 4) is 5.75 Å². The highest BCUT2D eigenvalue weighted by Gasteiger charge is 2.04. The molecular weight excluding hydrogens is 295 g/mol. The summed E-state index contributed by atoms with van der Waals surface area (Å²) in [5, 5.41) is 4.34. The minimum atomic E-state index is -0.337. The highest BCUT2D eigenvalue weighted by Crippen LogP contribution is 2.22. The molecule has 2 rings (SSSR count). The SMILES string of the molecule is COc1ccc(Cl)c(CO/N=C(\N)c2ccc(F)cc2)c1. The number of benzene rings is 2. The summed E-state index contributed by atoms with van der Waals surface area (Å²) in [5.41, 5.74) is 7.05. The predicted molar refractivity (Wildman–Crippen MR) is 79.9 cm³/mol. The van der Waals surface area contributed by atoms with Gasteiger partial charge in [-0.25, -0.2) is 4.39 Å². The van der Waals surface area contributed by atoms with Gasteiger partial charge in [-0.05, 0) is 42.5 Å². The van der Waals surface area contributed by atoms with Gasteiger partial charge in [-0.3, -0.25) is 0 Å². The number of ether oxygens (including phenoxy) is 1. The molecule has 0 aliphatic rings. The monoisotopic (exact) mass is 308 g/mol. The van der Waals surface area contributed by atoms with Crippen molar-refractivity contribution in [1.29, 1.82) is 0 Å². The summed E-state index contributed by atoms with van der Waals surface area (Å²) in [5.74, 6) is 0.498. The van der Waals surface area contributed by atoms with Crippen LogP contribution in [0.3, 0.4) is 0 Å². The molecule has 0 saturated heterocycles. The summed E-state index contributed by atoms with van der Waals surface area (Å²) >= 11 is 6.05. The van der Waals surface area contributed by atoms with E-state index >= 15 is 0 Å². The molecule has 0 heterocycles. The van der Waals surface area contributed by atoms with Crippen LogP contribution in [0, 0.1) is 5.82 Å². The average Bonchev–Trinajstić information content (AvgIpc) is 2.49. The summed E-state index contributed by atoms with van der Waals surface area (Å²) in [4.78, 5) is 5.18. The maximum absolute atomic E-state index is 12.8. The van der Waals surface area contributed by atoms with Gasteiger partial charge in [0.25, 0.3) is 0 Å². The Morgan fingerprint density at radius 3 is 2.62 bits per heavy atom. The molecule has 0 unspecified atom stereocenters. The second kappa shape index (κ2) is 6.95. The summed E-state index contributed by atoms with van der Waals surface area (Å²) < 4.78 is 17.9. The summed E-state index contributed by atoms with van der Waals surface area (Å²) in [6.07, 6.45) is 0. The smallest absolute Gasteiger partial charge is 0.170 e. The van der Waals surface area contributed by atoms with Gasteiger partial charge in [-0.15, -0.1) is 0 Å². The molecule has 6 heteroatoms. The van der Waals surface area contributed by atoms with Crippen LogP contribution in [0.25, 0.3) is 0 Å². The Balaban J connectivity index is 2.03. The maximum atomic E-state index is 12.8. The van der Waals surface area contributed by atoms with Crippen molar-refractivity contribution in [2.75, 3.05) is 7.11 Å². The topological polar surface area (TPSA) is 56.8 Å². The largest absolute Gasteiger partial charge is 0.497 e. The van der Waals surface area contributed by atoms with Gasteiger partial charge in [0.1, 0.15) is 18.2 Å². The lowest BCUT2D eigenvalue weighted by Gasteiger charge is -2.06. The van der Waals surface area contributed by atoms with Crippen molar-refractivity contribution >= 4 is 17.4 Å². The Morgan fingerprint density at radius 2 is 1.95 bits per heavy atom. The van der Waals surface area contributed by atoms with E-state index in [1.54, 1.807) is 25.3 Å². The molecule has 0 atom stereocenters. The highest BCUT2D eigenvalue weighted by atomic mass is 35.5. The van der Waals surface area contributed by atoms with Crippen LogP contribution in [0.5, 0.6) is 5.75 Å². The molecule has 21 heavy (non-hydrogen) atoms. The normalized spacial score (nSPS) is 11.3. The Kier molecular flexibility index (Phi) is 5.00. The lowest BCUT2D eigenvalue weighted by atomic mass is 10.2. The summed E-state index contributed by atoms with van der Waals surface area (Å²) in [7, 11) is 1.57. The van der Waals surface area contributed by atoms with E-state index in [1.807, 2.05) is 0 Å². The van der Waals surface area contributed by atoms with E-state index in [0.29, 0.717) is 16.3 Å². The minimum absolute atomic E-state index is 0.151. The maximum Gasteiger partial charge on any atom is 0.170 e. The molecule has 0 aromatic heterocycles. The van der Waals surface area contributed by atoms with Crippen LogP contribution in [0.2, 0.25) is 5.02 Å². The number of methoxy groups -OCH3 is 1. The lowest BCUT2D eigenvalue weighted by molar-refractivity contribution is 0.130. The van der Waals surface area contributed by atoms with E-state index in [9.17, 15) is 4.39 Å². The quantitative estimate of drug-likeness (QED) is 0.523. The van der Waals surface area contributed by atoms with Crippen LogP contribution in [0.1, 0.15) is 11.1 Å². The molecule has 4 nitrogen and oxygen atoms in total. The summed E-state index contributed by atoms with van der Waals surface area (Å²) in [6.45, 7) is 0.151. The van der Waals surface area contributed by atoms with E-state index in [-0.39, 0.29) is 18.3 Å². The van der Waals surface area contributed by atoms with Gasteiger partial charge in [0.2, 0.25) is 0 Å². The number of rotatable bonds is 5. The van der Waals surface area contributed by atoms with Gasteiger partial charge in [0.05, 0.1) is 7.11 Å². The molecule has 0 spiro atoms. The third kappa shape index (κ3) is 4.10. The van der Waals surface area contributed by atoms with Gasteiger partial charge >= 0.3 is 0 Å². The zero-order valence-electron chi connectivity index (χ0n) is 11.3. The van der Waals surface area contributed by atoms with Crippen LogP contribution < -0.4 is 10.5 Å². The molecule has 2 N–H and O–H groups in total. The van der Waals surface area contributed by atoms with Gasteiger partial charge in [0, 0.05) is 16.1 Å². The fourth-order valence-electron chi connectivity index (χ4n) is 1.63. The molecular formula is C15H14ClFN2O2. The molecule has 0 bridgehead atoms. The van der Waals surface area contributed by atoms with E-state index in [1.165, 1.54) is 24.3 Å². The average molecular weight is 309 g/mol. The molecule has 0 aliphatic carbocycles. The van der Waals surface area contributed by atoms with E-state index in [4.69, 9.17) is 26.9 Å². The van der Waals surface area contributed by atoms with E-state index < -0.39 is 0 Å². The fraction of sp³-hybridized carbons (Fsp3) is 0.133. The molecule has 2 aromatic rings. The van der Waals surface area contributed by atoms with Crippen molar-refractivity contribution in [3.05, 3.63) is 64.4 Å². The van der Waals surface area contributed by atoms with Gasteiger partial charge < -0.3 is 15.3 Å². The second-order valence-electron chi connectivity index (χ2n) is 4.21. The molecule has 2 aromatic carbocycles. The predicted octanol–water partition coefficient (Wildman–Crippen LogP) is 3.32. The number of halogens is 2. The molecule has 0 fully saturated rings. The first-order chi connectivity index (χ1) is 10.1. The number of oxime groups is 1. The first-order valence-electron chi connectivity index (χ1n) is 6.14. The third-order valence-corrected chi connectivity index (χ3v) is 3.14. The first kappa shape index (κ1) is 15.1. The highest BCUT2D eigenvalue weighted by molar-refractivity contribution is 6.31. The lowest BCUT2D eigenvalue weighted by Crippen LogP contribution is -2.13. The van der Waals surface area contributed by atoms with E-state index in [0.717, 1.165) is 5.56 Å². The Bertz CT molecular complexity index is 645. The van der Waals surface area contributed by atoms with Crippen molar-refractivity contribution in [1.82, 2.24) is 0 Å². The standard InChI is InChI=1S/C15H14ClFN2O2/c1-20-13-6-7-14(16)11(8-13)9-21-19-15(18)10-2-4-12(17)5-3-10/h2-8H,9H2,1H3,(H2,18,19). The van der Waals surface area contributed by atoms with Crippen molar-refractivity contribution in [2.45, 2.75) is 6.61 Å². The second-order valence-corrected chi connectivity index (χ2v) is 4.62. The van der Waals surface area contributed by atoms with Crippen molar-refractivity contribution in [3.63, 3.8) is 0 Å². The number of amidine groups is 1.